The quantitative estimate of drug-likeness (QED) is 0.655. The van der Waals surface area contributed by atoms with Crippen LogP contribution in [-0.2, 0) is 0 Å². The van der Waals surface area contributed by atoms with Gasteiger partial charge in [0.25, 0.3) is 0 Å². The third-order valence-electron chi connectivity index (χ3n) is 3.45. The first-order chi connectivity index (χ1) is 7.20. The van der Waals surface area contributed by atoms with Gasteiger partial charge in [0.05, 0.1) is 0 Å². The van der Waals surface area contributed by atoms with E-state index in [4.69, 9.17) is 0 Å². The molecule has 1 atom stereocenters. The summed E-state index contributed by atoms with van der Waals surface area (Å²) >= 11 is 0. The Hall–Kier alpha value is -0.560. The van der Waals surface area contributed by atoms with Crippen molar-refractivity contribution in [3.63, 3.8) is 0 Å². The monoisotopic (exact) mass is 207 g/mol. The standard InChI is InChI=1S/C14H25N/c1-5-9-15-10-11(3)12(4)14-8-7-13(14)6-2/h8,13,15H,5-7,9-10H2,1-4H3/b12-11+. The van der Waals surface area contributed by atoms with E-state index in [1.54, 1.807) is 5.57 Å². The molecule has 1 rings (SSSR count). The second-order valence-electron chi connectivity index (χ2n) is 4.58. The van der Waals surface area contributed by atoms with Crippen LogP contribution < -0.4 is 5.32 Å². The highest BCUT2D eigenvalue weighted by Crippen LogP contribution is 2.35. The Morgan fingerprint density at radius 2 is 2.13 bits per heavy atom. The average Bonchev–Trinajstić information content (AvgIpc) is 2.17. The SMILES string of the molecule is CCCNC/C(C)=C(\C)C1=CCC1CC. The molecule has 86 valence electrons. The molecule has 0 amide bonds. The van der Waals surface area contributed by atoms with Crippen molar-refractivity contribution >= 4 is 0 Å². The predicted molar refractivity (Wildman–Crippen MR) is 68.0 cm³/mol. The molecule has 0 aromatic rings. The number of nitrogens with one attached hydrogen (secondary N) is 1. The van der Waals surface area contributed by atoms with E-state index in [-0.39, 0.29) is 0 Å². The predicted octanol–water partition coefficient (Wildman–Crippen LogP) is 3.68. The van der Waals surface area contributed by atoms with Gasteiger partial charge in [-0.15, -0.1) is 0 Å². The van der Waals surface area contributed by atoms with Gasteiger partial charge >= 0.3 is 0 Å². The first kappa shape index (κ1) is 12.5. The molecule has 0 radical (unpaired) electrons. The van der Waals surface area contributed by atoms with E-state index in [2.05, 4.69) is 39.1 Å². The molecule has 0 aromatic carbocycles. The normalized spacial score (nSPS) is 21.9. The maximum absolute atomic E-state index is 3.47. The molecule has 1 aliphatic rings. The van der Waals surface area contributed by atoms with Crippen LogP contribution >= 0.6 is 0 Å². The highest BCUT2D eigenvalue weighted by atomic mass is 14.8. The molecule has 1 N–H and O–H groups in total. The van der Waals surface area contributed by atoms with Crippen molar-refractivity contribution in [3.8, 4) is 0 Å². The summed E-state index contributed by atoms with van der Waals surface area (Å²) < 4.78 is 0. The van der Waals surface area contributed by atoms with Gasteiger partial charge in [0.1, 0.15) is 0 Å². The van der Waals surface area contributed by atoms with Crippen molar-refractivity contribution in [1.82, 2.24) is 5.32 Å². The molecule has 0 heterocycles. The molecular weight excluding hydrogens is 182 g/mol. The fraction of sp³-hybridized carbons (Fsp3) is 0.714. The van der Waals surface area contributed by atoms with Gasteiger partial charge in [-0.3, -0.25) is 0 Å². The number of hydrogen-bond acceptors (Lipinski definition) is 1. The van der Waals surface area contributed by atoms with Crippen LogP contribution in [0, 0.1) is 5.92 Å². The van der Waals surface area contributed by atoms with Gasteiger partial charge in [0, 0.05) is 6.54 Å². The van der Waals surface area contributed by atoms with Crippen LogP contribution in [0.4, 0.5) is 0 Å². The molecule has 0 saturated heterocycles. The molecule has 0 spiro atoms. The van der Waals surface area contributed by atoms with Crippen molar-refractivity contribution in [2.45, 2.75) is 47.0 Å². The number of rotatable bonds is 6. The summed E-state index contributed by atoms with van der Waals surface area (Å²) in [6.45, 7) is 11.2. The highest BCUT2D eigenvalue weighted by Gasteiger charge is 2.21. The fourth-order valence-corrected chi connectivity index (χ4v) is 2.08. The zero-order valence-corrected chi connectivity index (χ0v) is 10.7. The van der Waals surface area contributed by atoms with E-state index in [9.17, 15) is 0 Å². The van der Waals surface area contributed by atoms with Crippen molar-refractivity contribution in [2.24, 2.45) is 5.92 Å². The summed E-state index contributed by atoms with van der Waals surface area (Å²) in [4.78, 5) is 0. The van der Waals surface area contributed by atoms with E-state index in [0.29, 0.717) is 0 Å². The molecule has 0 aliphatic heterocycles. The second kappa shape index (κ2) is 6.12. The van der Waals surface area contributed by atoms with Gasteiger partial charge in [0.15, 0.2) is 0 Å². The molecular formula is C14H25N. The Morgan fingerprint density at radius 1 is 1.40 bits per heavy atom. The van der Waals surface area contributed by atoms with E-state index in [0.717, 1.165) is 19.0 Å². The van der Waals surface area contributed by atoms with Gasteiger partial charge < -0.3 is 5.32 Å². The Morgan fingerprint density at radius 3 is 2.60 bits per heavy atom. The van der Waals surface area contributed by atoms with Gasteiger partial charge in [-0.2, -0.15) is 0 Å². The summed E-state index contributed by atoms with van der Waals surface area (Å²) in [5.41, 5.74) is 4.64. The van der Waals surface area contributed by atoms with Crippen molar-refractivity contribution < 1.29 is 0 Å². The third kappa shape index (κ3) is 3.20. The van der Waals surface area contributed by atoms with Crippen molar-refractivity contribution in [3.05, 3.63) is 22.8 Å². The van der Waals surface area contributed by atoms with Gasteiger partial charge in [-0.1, -0.05) is 25.5 Å². The maximum atomic E-state index is 3.47. The molecule has 15 heavy (non-hydrogen) atoms. The van der Waals surface area contributed by atoms with Crippen LogP contribution in [0.25, 0.3) is 0 Å². The van der Waals surface area contributed by atoms with Gasteiger partial charge in [-0.25, -0.2) is 0 Å². The molecule has 0 saturated carbocycles. The lowest BCUT2D eigenvalue weighted by molar-refractivity contribution is 0.549. The molecule has 0 fully saturated rings. The minimum absolute atomic E-state index is 0.839. The van der Waals surface area contributed by atoms with Crippen molar-refractivity contribution in [2.75, 3.05) is 13.1 Å². The summed E-state index contributed by atoms with van der Waals surface area (Å²) in [6.07, 6.45) is 6.19. The van der Waals surface area contributed by atoms with Crippen LogP contribution in [0.2, 0.25) is 0 Å². The molecule has 1 heteroatoms. The lowest BCUT2D eigenvalue weighted by Gasteiger charge is -2.28. The van der Waals surface area contributed by atoms with E-state index in [1.165, 1.54) is 30.4 Å². The molecule has 0 aromatic heterocycles. The molecule has 1 nitrogen and oxygen atoms in total. The topological polar surface area (TPSA) is 12.0 Å². The van der Waals surface area contributed by atoms with E-state index >= 15 is 0 Å². The molecule has 1 aliphatic carbocycles. The fourth-order valence-electron chi connectivity index (χ4n) is 2.08. The zero-order chi connectivity index (χ0) is 11.3. The maximum Gasteiger partial charge on any atom is 0.0167 e. The Labute approximate surface area is 94.6 Å². The Kier molecular flexibility index (Phi) is 5.10. The first-order valence-corrected chi connectivity index (χ1v) is 6.28. The lowest BCUT2D eigenvalue weighted by Crippen LogP contribution is -2.19. The third-order valence-corrected chi connectivity index (χ3v) is 3.45. The minimum atomic E-state index is 0.839. The van der Waals surface area contributed by atoms with Crippen LogP contribution in [-0.4, -0.2) is 13.1 Å². The van der Waals surface area contributed by atoms with Crippen LogP contribution in [0.3, 0.4) is 0 Å². The first-order valence-electron chi connectivity index (χ1n) is 6.28. The summed E-state index contributed by atoms with van der Waals surface area (Å²) in [7, 11) is 0. The summed E-state index contributed by atoms with van der Waals surface area (Å²) in [5.74, 6) is 0.839. The van der Waals surface area contributed by atoms with Crippen LogP contribution in [0.15, 0.2) is 22.8 Å². The smallest absolute Gasteiger partial charge is 0.0167 e. The average molecular weight is 207 g/mol. The Bertz CT molecular complexity index is 261. The highest BCUT2D eigenvalue weighted by molar-refractivity contribution is 5.40. The molecule has 1 unspecified atom stereocenters. The van der Waals surface area contributed by atoms with E-state index < -0.39 is 0 Å². The molecule has 0 bridgehead atoms. The summed E-state index contributed by atoms with van der Waals surface area (Å²) in [5, 5.41) is 3.47. The van der Waals surface area contributed by atoms with E-state index in [1.807, 2.05) is 0 Å². The van der Waals surface area contributed by atoms with Crippen LogP contribution in [0.5, 0.6) is 0 Å². The minimum Gasteiger partial charge on any atom is -0.313 e. The summed E-state index contributed by atoms with van der Waals surface area (Å²) in [6, 6.07) is 0. The Balaban J connectivity index is 2.49. The lowest BCUT2D eigenvalue weighted by atomic mass is 9.78. The number of hydrogen-bond donors (Lipinski definition) is 1. The van der Waals surface area contributed by atoms with Crippen molar-refractivity contribution in [1.29, 1.82) is 0 Å². The largest absolute Gasteiger partial charge is 0.313 e. The van der Waals surface area contributed by atoms with Gasteiger partial charge in [-0.05, 0) is 56.7 Å². The zero-order valence-electron chi connectivity index (χ0n) is 10.7. The van der Waals surface area contributed by atoms with Crippen LogP contribution in [0.1, 0.15) is 47.0 Å². The van der Waals surface area contributed by atoms with Gasteiger partial charge in [0.2, 0.25) is 0 Å². The second-order valence-corrected chi connectivity index (χ2v) is 4.58. The number of allylic oxidation sites excluding steroid dienone is 3.